The van der Waals surface area contributed by atoms with E-state index < -0.39 is 0 Å². The molecule has 1 unspecified atom stereocenters. The summed E-state index contributed by atoms with van der Waals surface area (Å²) in [5.74, 6) is 0.279. The first-order valence-corrected chi connectivity index (χ1v) is 6.98. The first kappa shape index (κ1) is 14.1. The SMILES string of the molecule is COc1ccc(C(=O)Nc2ccc3c(c2)C(C)C(=O)N3)cc1. The van der Waals surface area contributed by atoms with Gasteiger partial charge in [-0.25, -0.2) is 0 Å². The summed E-state index contributed by atoms with van der Waals surface area (Å²) in [5.41, 5.74) is 2.92. The van der Waals surface area contributed by atoms with Crippen LogP contribution in [0.25, 0.3) is 0 Å². The van der Waals surface area contributed by atoms with E-state index >= 15 is 0 Å². The maximum absolute atomic E-state index is 12.2. The largest absolute Gasteiger partial charge is 0.497 e. The fourth-order valence-electron chi connectivity index (χ4n) is 2.44. The number of anilines is 2. The van der Waals surface area contributed by atoms with Gasteiger partial charge >= 0.3 is 0 Å². The fraction of sp³-hybridized carbons (Fsp3) is 0.176. The standard InChI is InChI=1S/C17H16N2O3/c1-10-14-9-12(5-8-15(14)19-16(10)20)18-17(21)11-3-6-13(22-2)7-4-11/h3-10H,1-2H3,(H,18,21)(H,19,20). The zero-order valence-corrected chi connectivity index (χ0v) is 12.3. The Hall–Kier alpha value is -2.82. The van der Waals surface area contributed by atoms with E-state index in [4.69, 9.17) is 4.74 Å². The van der Waals surface area contributed by atoms with Crippen LogP contribution in [-0.4, -0.2) is 18.9 Å². The van der Waals surface area contributed by atoms with Gasteiger partial charge in [0.15, 0.2) is 0 Å². The molecular weight excluding hydrogens is 280 g/mol. The van der Waals surface area contributed by atoms with Crippen LogP contribution >= 0.6 is 0 Å². The summed E-state index contributed by atoms with van der Waals surface area (Å²) in [6.45, 7) is 1.84. The Bertz CT molecular complexity index is 738. The Morgan fingerprint density at radius 1 is 1.18 bits per heavy atom. The summed E-state index contributed by atoms with van der Waals surface area (Å²) in [7, 11) is 1.58. The molecule has 0 radical (unpaired) electrons. The lowest BCUT2D eigenvalue weighted by atomic mass is 10.0. The fourth-order valence-corrected chi connectivity index (χ4v) is 2.44. The van der Waals surface area contributed by atoms with Crippen molar-refractivity contribution in [2.45, 2.75) is 12.8 Å². The van der Waals surface area contributed by atoms with Crippen LogP contribution in [0.5, 0.6) is 5.75 Å². The molecule has 0 spiro atoms. The van der Waals surface area contributed by atoms with Crippen molar-refractivity contribution in [2.75, 3.05) is 17.7 Å². The highest BCUT2D eigenvalue weighted by molar-refractivity contribution is 6.06. The highest BCUT2D eigenvalue weighted by Gasteiger charge is 2.26. The Balaban J connectivity index is 1.78. The Morgan fingerprint density at radius 3 is 2.59 bits per heavy atom. The molecule has 1 aliphatic rings. The monoisotopic (exact) mass is 296 g/mol. The lowest BCUT2D eigenvalue weighted by molar-refractivity contribution is -0.116. The molecule has 2 amide bonds. The smallest absolute Gasteiger partial charge is 0.255 e. The van der Waals surface area contributed by atoms with Gasteiger partial charge in [0.1, 0.15) is 5.75 Å². The van der Waals surface area contributed by atoms with Crippen molar-refractivity contribution in [3.05, 3.63) is 53.6 Å². The molecule has 2 aromatic rings. The van der Waals surface area contributed by atoms with E-state index in [0.29, 0.717) is 17.0 Å². The minimum atomic E-state index is -0.201. The van der Waals surface area contributed by atoms with E-state index in [0.717, 1.165) is 11.3 Å². The first-order chi connectivity index (χ1) is 10.6. The molecule has 0 aliphatic carbocycles. The van der Waals surface area contributed by atoms with E-state index in [1.54, 1.807) is 43.5 Å². The maximum atomic E-state index is 12.2. The van der Waals surface area contributed by atoms with E-state index in [1.165, 1.54) is 0 Å². The predicted molar refractivity (Wildman–Crippen MR) is 84.4 cm³/mol. The summed E-state index contributed by atoms with van der Waals surface area (Å²) in [6, 6.07) is 12.3. The second kappa shape index (κ2) is 5.52. The molecule has 2 aromatic carbocycles. The predicted octanol–water partition coefficient (Wildman–Crippen LogP) is 3.00. The molecule has 0 aromatic heterocycles. The third-order valence-corrected chi connectivity index (χ3v) is 3.78. The maximum Gasteiger partial charge on any atom is 0.255 e. The molecule has 5 nitrogen and oxygen atoms in total. The van der Waals surface area contributed by atoms with Crippen LogP contribution < -0.4 is 15.4 Å². The van der Waals surface area contributed by atoms with Crippen molar-refractivity contribution in [3.8, 4) is 5.75 Å². The first-order valence-electron chi connectivity index (χ1n) is 6.98. The van der Waals surface area contributed by atoms with Gasteiger partial charge < -0.3 is 15.4 Å². The van der Waals surface area contributed by atoms with Crippen molar-refractivity contribution in [1.29, 1.82) is 0 Å². The number of carbonyl (C=O) groups excluding carboxylic acids is 2. The van der Waals surface area contributed by atoms with Crippen LogP contribution in [0.1, 0.15) is 28.8 Å². The van der Waals surface area contributed by atoms with E-state index in [-0.39, 0.29) is 17.7 Å². The summed E-state index contributed by atoms with van der Waals surface area (Å²) in [6.07, 6.45) is 0. The Labute approximate surface area is 128 Å². The lowest BCUT2D eigenvalue weighted by Crippen LogP contribution is -2.12. The number of fused-ring (bicyclic) bond motifs is 1. The molecule has 5 heteroatoms. The van der Waals surface area contributed by atoms with Gasteiger partial charge in [-0.15, -0.1) is 0 Å². The zero-order chi connectivity index (χ0) is 15.7. The minimum Gasteiger partial charge on any atom is -0.497 e. The summed E-state index contributed by atoms with van der Waals surface area (Å²) < 4.78 is 5.07. The number of methoxy groups -OCH3 is 1. The van der Waals surface area contributed by atoms with Gasteiger partial charge in [0.25, 0.3) is 5.91 Å². The number of nitrogens with one attached hydrogen (secondary N) is 2. The number of hydrogen-bond donors (Lipinski definition) is 2. The molecular formula is C17H16N2O3. The van der Waals surface area contributed by atoms with Crippen LogP contribution in [0.4, 0.5) is 11.4 Å². The quantitative estimate of drug-likeness (QED) is 0.915. The van der Waals surface area contributed by atoms with Crippen LogP contribution in [0, 0.1) is 0 Å². The topological polar surface area (TPSA) is 67.4 Å². The van der Waals surface area contributed by atoms with E-state index in [9.17, 15) is 9.59 Å². The van der Waals surface area contributed by atoms with Gasteiger partial charge in [0.05, 0.1) is 13.0 Å². The number of rotatable bonds is 3. The Morgan fingerprint density at radius 2 is 1.91 bits per heavy atom. The number of amides is 2. The van der Waals surface area contributed by atoms with Gasteiger partial charge in [-0.2, -0.15) is 0 Å². The average molecular weight is 296 g/mol. The van der Waals surface area contributed by atoms with E-state index in [2.05, 4.69) is 10.6 Å². The van der Waals surface area contributed by atoms with Crippen LogP contribution in [0.2, 0.25) is 0 Å². The molecule has 112 valence electrons. The number of carbonyl (C=O) groups is 2. The summed E-state index contributed by atoms with van der Waals surface area (Å²) in [5, 5.41) is 5.65. The van der Waals surface area contributed by atoms with Crippen molar-refractivity contribution >= 4 is 23.2 Å². The zero-order valence-electron chi connectivity index (χ0n) is 12.3. The van der Waals surface area contributed by atoms with Crippen molar-refractivity contribution in [3.63, 3.8) is 0 Å². The molecule has 2 N–H and O–H groups in total. The molecule has 3 rings (SSSR count). The van der Waals surface area contributed by atoms with E-state index in [1.807, 2.05) is 13.0 Å². The molecule has 22 heavy (non-hydrogen) atoms. The number of benzene rings is 2. The van der Waals surface area contributed by atoms with Gasteiger partial charge in [0, 0.05) is 16.9 Å². The highest BCUT2D eigenvalue weighted by atomic mass is 16.5. The summed E-state index contributed by atoms with van der Waals surface area (Å²) in [4.78, 5) is 23.9. The van der Waals surface area contributed by atoms with Gasteiger partial charge in [-0.1, -0.05) is 0 Å². The molecule has 1 heterocycles. The molecule has 0 saturated carbocycles. The second-order valence-corrected chi connectivity index (χ2v) is 5.20. The molecule has 1 aliphatic heterocycles. The molecule has 1 atom stereocenters. The van der Waals surface area contributed by atoms with Crippen LogP contribution in [0.15, 0.2) is 42.5 Å². The van der Waals surface area contributed by atoms with Crippen molar-refractivity contribution in [2.24, 2.45) is 0 Å². The highest BCUT2D eigenvalue weighted by Crippen LogP contribution is 2.34. The van der Waals surface area contributed by atoms with Crippen molar-refractivity contribution in [1.82, 2.24) is 0 Å². The van der Waals surface area contributed by atoms with Crippen molar-refractivity contribution < 1.29 is 14.3 Å². The third-order valence-electron chi connectivity index (χ3n) is 3.78. The molecule has 0 saturated heterocycles. The summed E-state index contributed by atoms with van der Waals surface area (Å²) >= 11 is 0. The number of hydrogen-bond acceptors (Lipinski definition) is 3. The van der Waals surface area contributed by atoms with Gasteiger partial charge in [-0.3, -0.25) is 9.59 Å². The third kappa shape index (κ3) is 2.53. The van der Waals surface area contributed by atoms with Crippen LogP contribution in [0.3, 0.4) is 0 Å². The van der Waals surface area contributed by atoms with Gasteiger partial charge in [-0.05, 0) is 55.0 Å². The Kier molecular flexibility index (Phi) is 3.55. The second-order valence-electron chi connectivity index (χ2n) is 5.20. The average Bonchev–Trinajstić information content (AvgIpc) is 2.82. The number of ether oxygens (including phenoxy) is 1. The lowest BCUT2D eigenvalue weighted by Gasteiger charge is -2.08. The van der Waals surface area contributed by atoms with Gasteiger partial charge in [0.2, 0.25) is 5.91 Å². The minimum absolute atomic E-state index is 0.0198. The molecule has 0 bridgehead atoms. The van der Waals surface area contributed by atoms with Crippen LogP contribution in [-0.2, 0) is 4.79 Å². The normalized spacial score (nSPS) is 15.9. The molecule has 0 fully saturated rings.